The number of nitrogens with one attached hydrogen (secondary N) is 2. The van der Waals surface area contributed by atoms with Crippen molar-refractivity contribution >= 4 is 56.5 Å². The molecule has 0 saturated heterocycles. The molecule has 0 aliphatic heterocycles. The van der Waals surface area contributed by atoms with Gasteiger partial charge in [0.05, 0.1) is 15.7 Å². The van der Waals surface area contributed by atoms with E-state index < -0.39 is 0 Å². The van der Waals surface area contributed by atoms with Gasteiger partial charge < -0.3 is 10.6 Å². The normalized spacial score (nSPS) is 10.4. The Morgan fingerprint density at radius 3 is 2.55 bits per heavy atom. The number of hydrogen-bond donors (Lipinski definition) is 2. The Morgan fingerprint density at radius 2 is 1.85 bits per heavy atom. The number of anilines is 3. The molecule has 106 valence electrons. The van der Waals surface area contributed by atoms with Gasteiger partial charge in [0.2, 0.25) is 0 Å². The number of nitrogens with zero attached hydrogens (tertiary/aromatic N) is 2. The van der Waals surface area contributed by atoms with Crippen molar-refractivity contribution in [3.8, 4) is 0 Å². The summed E-state index contributed by atoms with van der Waals surface area (Å²) in [5.74, 6) is 1.49. The molecule has 7 heteroatoms. The van der Waals surface area contributed by atoms with E-state index in [0.717, 1.165) is 22.4 Å². The van der Waals surface area contributed by atoms with Gasteiger partial charge in [-0.2, -0.15) is 0 Å². The number of hydrogen-bond acceptors (Lipinski definition) is 4. The molecule has 0 aliphatic rings. The summed E-state index contributed by atoms with van der Waals surface area (Å²) in [7, 11) is 0. The predicted molar refractivity (Wildman–Crippen MR) is 88.4 cm³/mol. The van der Waals surface area contributed by atoms with Crippen LogP contribution >= 0.6 is 39.1 Å². The predicted octanol–water partition coefficient (Wildman–Crippen LogP) is 5.03. The van der Waals surface area contributed by atoms with Crippen molar-refractivity contribution in [1.82, 2.24) is 9.97 Å². The second-order valence-electron chi connectivity index (χ2n) is 4.07. The molecule has 2 N–H and O–H groups in total. The first kappa shape index (κ1) is 15.4. The first-order valence-electron chi connectivity index (χ1n) is 6.00. The Morgan fingerprint density at radius 1 is 1.15 bits per heavy atom. The van der Waals surface area contributed by atoms with E-state index in [1.165, 1.54) is 6.33 Å². The van der Waals surface area contributed by atoms with E-state index in [0.29, 0.717) is 21.6 Å². The Labute approximate surface area is 136 Å². The highest BCUT2D eigenvalue weighted by atomic mass is 79.9. The van der Waals surface area contributed by atoms with Gasteiger partial charge >= 0.3 is 0 Å². The zero-order valence-corrected chi connectivity index (χ0v) is 14.1. The Bertz CT molecular complexity index is 634. The molecule has 1 heterocycles. The van der Waals surface area contributed by atoms with Crippen LogP contribution in [0.25, 0.3) is 0 Å². The molecule has 0 atom stereocenters. The molecule has 1 aromatic heterocycles. The number of rotatable bonds is 4. The van der Waals surface area contributed by atoms with E-state index in [-0.39, 0.29) is 0 Å². The lowest BCUT2D eigenvalue weighted by molar-refractivity contribution is 1.08. The summed E-state index contributed by atoms with van der Waals surface area (Å²) in [6.45, 7) is 4.75. The highest BCUT2D eigenvalue weighted by molar-refractivity contribution is 9.10. The van der Waals surface area contributed by atoms with Crippen molar-refractivity contribution in [3.63, 3.8) is 0 Å². The maximum Gasteiger partial charge on any atom is 0.138 e. The lowest BCUT2D eigenvalue weighted by Crippen LogP contribution is -2.05. The third kappa shape index (κ3) is 3.16. The van der Waals surface area contributed by atoms with Crippen molar-refractivity contribution in [2.45, 2.75) is 13.8 Å². The largest absolute Gasteiger partial charge is 0.370 e. The SMILES string of the molecule is CCNc1ncnc(Nc2ccc(Br)c(Cl)c2Cl)c1C. The quantitative estimate of drug-likeness (QED) is 0.735. The molecule has 2 aromatic rings. The van der Waals surface area contributed by atoms with Crippen LogP contribution in [0.5, 0.6) is 0 Å². The van der Waals surface area contributed by atoms with Gasteiger partial charge in [0.15, 0.2) is 0 Å². The zero-order valence-electron chi connectivity index (χ0n) is 11.0. The van der Waals surface area contributed by atoms with Crippen molar-refractivity contribution < 1.29 is 0 Å². The molecular formula is C13H13BrCl2N4. The van der Waals surface area contributed by atoms with Crippen LogP contribution in [0.2, 0.25) is 10.0 Å². The second-order valence-corrected chi connectivity index (χ2v) is 5.68. The van der Waals surface area contributed by atoms with Crippen molar-refractivity contribution in [2.24, 2.45) is 0 Å². The molecule has 0 fully saturated rings. The first-order valence-corrected chi connectivity index (χ1v) is 7.55. The van der Waals surface area contributed by atoms with Crippen LogP contribution in [0.4, 0.5) is 17.3 Å². The van der Waals surface area contributed by atoms with Crippen LogP contribution in [0.15, 0.2) is 22.9 Å². The third-order valence-corrected chi connectivity index (χ3v) is 4.49. The van der Waals surface area contributed by atoms with Gasteiger partial charge in [-0.15, -0.1) is 0 Å². The molecule has 0 aliphatic carbocycles. The minimum atomic E-state index is 0.448. The van der Waals surface area contributed by atoms with E-state index in [9.17, 15) is 0 Å². The fourth-order valence-electron chi connectivity index (χ4n) is 1.67. The average molecular weight is 376 g/mol. The first-order chi connectivity index (χ1) is 9.54. The summed E-state index contributed by atoms with van der Waals surface area (Å²) in [6, 6.07) is 3.67. The van der Waals surface area contributed by atoms with E-state index in [4.69, 9.17) is 23.2 Å². The molecule has 4 nitrogen and oxygen atoms in total. The molecule has 0 amide bonds. The van der Waals surface area contributed by atoms with Crippen LogP contribution in [0, 0.1) is 6.92 Å². The summed E-state index contributed by atoms with van der Waals surface area (Å²) < 4.78 is 0.752. The van der Waals surface area contributed by atoms with Crippen molar-refractivity contribution in [3.05, 3.63) is 38.5 Å². The van der Waals surface area contributed by atoms with E-state index in [2.05, 4.69) is 36.5 Å². The smallest absolute Gasteiger partial charge is 0.138 e. The third-order valence-electron chi connectivity index (χ3n) is 2.72. The standard InChI is InChI=1S/C13H13BrCl2N4/c1-3-17-12-7(2)13(19-6-18-12)20-9-5-4-8(14)10(15)11(9)16/h4-6H,3H2,1-2H3,(H2,17,18,19,20). The fourth-order valence-corrected chi connectivity index (χ4v) is 2.49. The van der Waals surface area contributed by atoms with Gasteiger partial charge in [-0.1, -0.05) is 23.2 Å². The van der Waals surface area contributed by atoms with Crippen LogP contribution < -0.4 is 10.6 Å². The lowest BCUT2D eigenvalue weighted by Gasteiger charge is -2.13. The second kappa shape index (κ2) is 6.61. The van der Waals surface area contributed by atoms with Crippen LogP contribution in [-0.4, -0.2) is 16.5 Å². The molecule has 2 rings (SSSR count). The van der Waals surface area contributed by atoms with Gasteiger partial charge in [0.1, 0.15) is 18.0 Å². The minimum absolute atomic E-state index is 0.448. The summed E-state index contributed by atoms with van der Waals surface area (Å²) in [6.07, 6.45) is 1.50. The molecular weight excluding hydrogens is 363 g/mol. The summed E-state index contributed by atoms with van der Waals surface area (Å²) in [5, 5.41) is 7.27. The van der Waals surface area contributed by atoms with Crippen LogP contribution in [-0.2, 0) is 0 Å². The van der Waals surface area contributed by atoms with Gasteiger partial charge in [0.25, 0.3) is 0 Å². The van der Waals surface area contributed by atoms with Gasteiger partial charge in [-0.05, 0) is 41.9 Å². The minimum Gasteiger partial charge on any atom is -0.370 e. The van der Waals surface area contributed by atoms with Crippen LogP contribution in [0.3, 0.4) is 0 Å². The molecule has 0 saturated carbocycles. The maximum atomic E-state index is 6.22. The van der Waals surface area contributed by atoms with E-state index >= 15 is 0 Å². The average Bonchev–Trinajstić information content (AvgIpc) is 2.44. The number of halogens is 3. The Balaban J connectivity index is 2.36. The van der Waals surface area contributed by atoms with Crippen molar-refractivity contribution in [1.29, 1.82) is 0 Å². The Hall–Kier alpha value is -1.04. The number of aromatic nitrogens is 2. The highest BCUT2D eigenvalue weighted by Gasteiger charge is 2.11. The van der Waals surface area contributed by atoms with Gasteiger partial charge in [-0.25, -0.2) is 9.97 Å². The van der Waals surface area contributed by atoms with E-state index in [1.807, 2.05) is 26.0 Å². The van der Waals surface area contributed by atoms with E-state index in [1.54, 1.807) is 0 Å². The summed E-state index contributed by atoms with van der Waals surface area (Å²) in [4.78, 5) is 8.43. The maximum absolute atomic E-state index is 6.22. The lowest BCUT2D eigenvalue weighted by atomic mass is 10.2. The highest BCUT2D eigenvalue weighted by Crippen LogP contribution is 2.37. The molecule has 0 spiro atoms. The molecule has 0 bridgehead atoms. The molecule has 20 heavy (non-hydrogen) atoms. The number of benzene rings is 1. The molecule has 1 aromatic carbocycles. The van der Waals surface area contributed by atoms with Crippen LogP contribution in [0.1, 0.15) is 12.5 Å². The summed E-state index contributed by atoms with van der Waals surface area (Å²) >= 11 is 15.7. The van der Waals surface area contributed by atoms with Gasteiger partial charge in [-0.3, -0.25) is 0 Å². The fraction of sp³-hybridized carbons (Fsp3) is 0.231. The molecule has 0 unspecified atom stereocenters. The Kier molecular flexibility index (Phi) is 5.07. The monoisotopic (exact) mass is 374 g/mol. The topological polar surface area (TPSA) is 49.8 Å². The zero-order chi connectivity index (χ0) is 14.7. The molecule has 0 radical (unpaired) electrons. The van der Waals surface area contributed by atoms with Gasteiger partial charge in [0, 0.05) is 16.6 Å². The van der Waals surface area contributed by atoms with Crippen molar-refractivity contribution in [2.75, 3.05) is 17.2 Å². The summed E-state index contributed by atoms with van der Waals surface area (Å²) in [5.41, 5.74) is 1.62.